The van der Waals surface area contributed by atoms with Gasteiger partial charge in [-0.15, -0.1) is 24.0 Å². The van der Waals surface area contributed by atoms with Crippen LogP contribution in [0.25, 0.3) is 0 Å². The molecule has 1 unspecified atom stereocenters. The van der Waals surface area contributed by atoms with Crippen molar-refractivity contribution in [1.82, 2.24) is 5.32 Å². The van der Waals surface area contributed by atoms with Crippen molar-refractivity contribution in [2.24, 2.45) is 10.7 Å². The van der Waals surface area contributed by atoms with E-state index in [9.17, 15) is 0 Å². The van der Waals surface area contributed by atoms with Crippen LogP contribution in [-0.2, 0) is 11.3 Å². The third-order valence-electron chi connectivity index (χ3n) is 2.93. The lowest BCUT2D eigenvalue weighted by Crippen LogP contribution is -2.40. The van der Waals surface area contributed by atoms with Crippen LogP contribution in [0.2, 0.25) is 0 Å². The van der Waals surface area contributed by atoms with Crippen LogP contribution in [0, 0.1) is 0 Å². The number of nitrogens with zero attached hydrogens (tertiary/aromatic N) is 1. The molecule has 6 nitrogen and oxygen atoms in total. The van der Waals surface area contributed by atoms with Gasteiger partial charge in [0.15, 0.2) is 17.5 Å². The van der Waals surface area contributed by atoms with Gasteiger partial charge in [0.1, 0.15) is 0 Å². The second-order valence-electron chi connectivity index (χ2n) is 5.04. The van der Waals surface area contributed by atoms with Gasteiger partial charge in [-0.2, -0.15) is 0 Å². The number of hydrogen-bond donors (Lipinski definition) is 2. The Morgan fingerprint density at radius 2 is 2.04 bits per heavy atom. The molecule has 7 heteroatoms. The van der Waals surface area contributed by atoms with Crippen LogP contribution in [0.15, 0.2) is 23.2 Å². The lowest BCUT2D eigenvalue weighted by Gasteiger charge is -2.13. The predicted molar refractivity (Wildman–Crippen MR) is 104 cm³/mol. The van der Waals surface area contributed by atoms with Gasteiger partial charge in [-0.25, -0.2) is 4.99 Å². The molecule has 0 aliphatic heterocycles. The fourth-order valence-electron chi connectivity index (χ4n) is 1.91. The molecular weight excluding hydrogens is 409 g/mol. The van der Waals surface area contributed by atoms with Crippen molar-refractivity contribution in [3.05, 3.63) is 23.8 Å². The smallest absolute Gasteiger partial charge is 0.189 e. The SMILES string of the molecule is CCCOc1ccc(CN=C(N)NC(C)COC)cc1OC.I. The van der Waals surface area contributed by atoms with Gasteiger partial charge in [0.25, 0.3) is 0 Å². The maximum absolute atomic E-state index is 5.85. The van der Waals surface area contributed by atoms with E-state index in [1.54, 1.807) is 14.2 Å². The van der Waals surface area contributed by atoms with Gasteiger partial charge in [-0.1, -0.05) is 13.0 Å². The molecule has 0 heterocycles. The minimum Gasteiger partial charge on any atom is -0.493 e. The number of nitrogens with two attached hydrogens (primary N) is 1. The molecule has 23 heavy (non-hydrogen) atoms. The predicted octanol–water partition coefficient (Wildman–Crippen LogP) is 2.54. The number of hydrogen-bond acceptors (Lipinski definition) is 4. The topological polar surface area (TPSA) is 78.1 Å². The van der Waals surface area contributed by atoms with Gasteiger partial charge in [0.05, 0.1) is 26.9 Å². The number of rotatable bonds is 9. The van der Waals surface area contributed by atoms with Crippen LogP contribution in [0.5, 0.6) is 11.5 Å². The van der Waals surface area contributed by atoms with Gasteiger partial charge in [0, 0.05) is 13.2 Å². The molecule has 1 rings (SSSR count). The van der Waals surface area contributed by atoms with Crippen molar-refractivity contribution in [3.63, 3.8) is 0 Å². The van der Waals surface area contributed by atoms with Crippen LogP contribution >= 0.6 is 24.0 Å². The summed E-state index contributed by atoms with van der Waals surface area (Å²) in [4.78, 5) is 4.32. The van der Waals surface area contributed by atoms with E-state index in [1.807, 2.05) is 25.1 Å². The molecule has 0 amide bonds. The number of benzene rings is 1. The van der Waals surface area contributed by atoms with Crippen LogP contribution < -0.4 is 20.5 Å². The van der Waals surface area contributed by atoms with Crippen molar-refractivity contribution >= 4 is 29.9 Å². The molecule has 3 N–H and O–H groups in total. The standard InChI is InChI=1S/C16H27N3O3.HI/c1-5-8-22-14-7-6-13(9-15(14)21-4)10-18-16(17)19-12(2)11-20-3;/h6-7,9,12H,5,8,10-11H2,1-4H3,(H3,17,18,19);1H. The molecule has 0 saturated heterocycles. The van der Waals surface area contributed by atoms with Crippen LogP contribution in [0.1, 0.15) is 25.8 Å². The molecule has 1 aromatic rings. The minimum absolute atomic E-state index is 0. The van der Waals surface area contributed by atoms with Crippen LogP contribution in [0.3, 0.4) is 0 Å². The Morgan fingerprint density at radius 3 is 2.65 bits per heavy atom. The first-order valence-corrected chi connectivity index (χ1v) is 7.45. The van der Waals surface area contributed by atoms with E-state index >= 15 is 0 Å². The normalized spacial score (nSPS) is 12.3. The largest absolute Gasteiger partial charge is 0.493 e. The third-order valence-corrected chi connectivity index (χ3v) is 2.93. The lowest BCUT2D eigenvalue weighted by atomic mass is 10.2. The summed E-state index contributed by atoms with van der Waals surface area (Å²) in [5.74, 6) is 1.85. The molecule has 0 fully saturated rings. The second-order valence-corrected chi connectivity index (χ2v) is 5.04. The summed E-state index contributed by atoms with van der Waals surface area (Å²) in [5.41, 5.74) is 6.85. The average molecular weight is 437 g/mol. The molecule has 0 aliphatic rings. The van der Waals surface area contributed by atoms with Crippen molar-refractivity contribution in [2.45, 2.75) is 32.9 Å². The number of nitrogens with one attached hydrogen (secondary N) is 1. The number of halogens is 1. The molecular formula is C16H28IN3O3. The summed E-state index contributed by atoms with van der Waals surface area (Å²) in [6.07, 6.45) is 0.955. The quantitative estimate of drug-likeness (QED) is 0.353. The number of guanidine groups is 1. The average Bonchev–Trinajstić information content (AvgIpc) is 2.51. The van der Waals surface area contributed by atoms with Gasteiger partial charge < -0.3 is 25.3 Å². The van der Waals surface area contributed by atoms with Gasteiger partial charge in [-0.3, -0.25) is 0 Å². The fraction of sp³-hybridized carbons (Fsp3) is 0.562. The molecule has 132 valence electrons. The zero-order valence-corrected chi connectivity index (χ0v) is 16.6. The van der Waals surface area contributed by atoms with E-state index in [1.165, 1.54) is 0 Å². The fourth-order valence-corrected chi connectivity index (χ4v) is 1.91. The first kappa shape index (κ1) is 21.8. The Bertz CT molecular complexity index is 484. The number of aliphatic imine (C=N–C) groups is 1. The van der Waals surface area contributed by atoms with E-state index in [0.717, 1.165) is 17.7 Å². The second kappa shape index (κ2) is 12.2. The first-order valence-electron chi connectivity index (χ1n) is 7.45. The molecule has 0 spiro atoms. The van der Waals surface area contributed by atoms with E-state index in [2.05, 4.69) is 17.2 Å². The maximum Gasteiger partial charge on any atom is 0.189 e. The van der Waals surface area contributed by atoms with E-state index in [0.29, 0.717) is 31.5 Å². The monoisotopic (exact) mass is 437 g/mol. The summed E-state index contributed by atoms with van der Waals surface area (Å²) in [5, 5.41) is 3.07. The molecule has 0 aliphatic carbocycles. The molecule has 0 radical (unpaired) electrons. The Morgan fingerprint density at radius 1 is 1.30 bits per heavy atom. The highest BCUT2D eigenvalue weighted by Crippen LogP contribution is 2.28. The Kier molecular flexibility index (Phi) is 11.6. The highest BCUT2D eigenvalue weighted by Gasteiger charge is 2.06. The zero-order valence-electron chi connectivity index (χ0n) is 14.3. The van der Waals surface area contributed by atoms with Crippen molar-refractivity contribution in [1.29, 1.82) is 0 Å². The Labute approximate surface area is 155 Å². The summed E-state index contributed by atoms with van der Waals surface area (Å²) in [6.45, 7) is 5.77. The first-order chi connectivity index (χ1) is 10.6. The molecule has 1 atom stereocenters. The third kappa shape index (κ3) is 8.26. The molecule has 1 aromatic carbocycles. The van der Waals surface area contributed by atoms with Crippen LogP contribution in [-0.4, -0.2) is 39.4 Å². The van der Waals surface area contributed by atoms with E-state index in [4.69, 9.17) is 19.9 Å². The lowest BCUT2D eigenvalue weighted by molar-refractivity contribution is 0.179. The molecule has 0 saturated carbocycles. The number of methoxy groups -OCH3 is 2. The maximum atomic E-state index is 5.85. The zero-order chi connectivity index (χ0) is 16.4. The Hall–Kier alpha value is -1.22. The van der Waals surface area contributed by atoms with Crippen molar-refractivity contribution in [2.75, 3.05) is 27.4 Å². The summed E-state index contributed by atoms with van der Waals surface area (Å²) < 4.78 is 16.0. The Balaban J connectivity index is 0.00000484. The summed E-state index contributed by atoms with van der Waals surface area (Å²) in [7, 11) is 3.28. The van der Waals surface area contributed by atoms with E-state index < -0.39 is 0 Å². The number of ether oxygens (including phenoxy) is 3. The molecule has 0 aromatic heterocycles. The van der Waals surface area contributed by atoms with Gasteiger partial charge in [0.2, 0.25) is 0 Å². The highest BCUT2D eigenvalue weighted by atomic mass is 127. The molecule has 0 bridgehead atoms. The minimum atomic E-state index is 0. The highest BCUT2D eigenvalue weighted by molar-refractivity contribution is 14.0. The summed E-state index contributed by atoms with van der Waals surface area (Å²) >= 11 is 0. The van der Waals surface area contributed by atoms with Gasteiger partial charge >= 0.3 is 0 Å². The van der Waals surface area contributed by atoms with Gasteiger partial charge in [-0.05, 0) is 31.0 Å². The van der Waals surface area contributed by atoms with Crippen LogP contribution in [0.4, 0.5) is 0 Å². The van der Waals surface area contributed by atoms with Crippen molar-refractivity contribution in [3.8, 4) is 11.5 Å². The summed E-state index contributed by atoms with van der Waals surface area (Å²) in [6, 6.07) is 5.90. The van der Waals surface area contributed by atoms with E-state index in [-0.39, 0.29) is 30.0 Å². The van der Waals surface area contributed by atoms with Crippen molar-refractivity contribution < 1.29 is 14.2 Å².